The molecule has 0 fully saturated rings. The molecule has 8 nitrogen and oxygen atoms in total. The third-order valence-corrected chi connectivity index (χ3v) is 4.80. The molecular formula is C18H20N6O2S. The van der Waals surface area contributed by atoms with Crippen LogP contribution in [-0.2, 0) is 4.79 Å². The minimum atomic E-state index is -0.0775. The number of thioether (sulfide) groups is 1. The second kappa shape index (κ2) is 8.54. The summed E-state index contributed by atoms with van der Waals surface area (Å²) in [6.45, 7) is 1.92. The second-order valence-corrected chi connectivity index (χ2v) is 6.81. The lowest BCUT2D eigenvalue weighted by Crippen LogP contribution is -2.14. The molecule has 0 atom stereocenters. The first-order valence-electron chi connectivity index (χ1n) is 8.26. The van der Waals surface area contributed by atoms with Gasteiger partial charge in [0.2, 0.25) is 11.1 Å². The van der Waals surface area contributed by atoms with Crippen molar-refractivity contribution in [1.82, 2.24) is 19.9 Å². The van der Waals surface area contributed by atoms with Crippen LogP contribution >= 0.6 is 11.8 Å². The first kappa shape index (κ1) is 18.7. The van der Waals surface area contributed by atoms with Gasteiger partial charge in [0.15, 0.2) is 5.82 Å². The number of nitrogens with zero attached hydrogens (tertiary/aromatic N) is 4. The van der Waals surface area contributed by atoms with Crippen molar-refractivity contribution in [2.45, 2.75) is 18.5 Å². The Labute approximate surface area is 161 Å². The smallest absolute Gasteiger partial charge is 0.225 e. The van der Waals surface area contributed by atoms with Crippen LogP contribution in [0.25, 0.3) is 11.4 Å². The van der Waals surface area contributed by atoms with Crippen LogP contribution in [0.5, 0.6) is 5.75 Å². The van der Waals surface area contributed by atoms with E-state index in [-0.39, 0.29) is 5.91 Å². The Morgan fingerprint density at radius 2 is 2.19 bits per heavy atom. The first-order valence-corrected chi connectivity index (χ1v) is 9.25. The molecule has 0 radical (unpaired) electrons. The number of ether oxygens (including phenoxy) is 1. The number of rotatable bonds is 7. The number of carbonyl (C=O) groups excluding carboxylic acids is 1. The van der Waals surface area contributed by atoms with Gasteiger partial charge in [0, 0.05) is 35.8 Å². The fourth-order valence-corrected chi connectivity index (χ4v) is 3.21. The zero-order valence-corrected chi connectivity index (χ0v) is 15.9. The lowest BCUT2D eigenvalue weighted by Gasteiger charge is -2.09. The van der Waals surface area contributed by atoms with E-state index in [1.165, 1.54) is 16.4 Å². The Morgan fingerprint density at radius 3 is 2.89 bits per heavy atom. The van der Waals surface area contributed by atoms with E-state index in [2.05, 4.69) is 20.5 Å². The number of nitrogens with two attached hydrogens (primary N) is 1. The molecule has 140 valence electrons. The van der Waals surface area contributed by atoms with Crippen molar-refractivity contribution in [3.8, 4) is 17.1 Å². The van der Waals surface area contributed by atoms with Gasteiger partial charge in [-0.25, -0.2) is 4.68 Å². The Morgan fingerprint density at radius 1 is 1.33 bits per heavy atom. The van der Waals surface area contributed by atoms with Crippen LogP contribution in [0, 0.1) is 6.92 Å². The summed E-state index contributed by atoms with van der Waals surface area (Å²) < 4.78 is 6.58. The van der Waals surface area contributed by atoms with Gasteiger partial charge in [-0.15, -0.1) is 10.2 Å². The zero-order chi connectivity index (χ0) is 19.2. The zero-order valence-electron chi connectivity index (χ0n) is 15.0. The first-order chi connectivity index (χ1) is 13.1. The van der Waals surface area contributed by atoms with Crippen LogP contribution in [0.1, 0.15) is 12.0 Å². The summed E-state index contributed by atoms with van der Waals surface area (Å²) in [5.74, 6) is 7.80. The Kier molecular flexibility index (Phi) is 5.92. The molecule has 0 aliphatic carbocycles. The minimum absolute atomic E-state index is 0.0775. The number of amides is 1. The fourth-order valence-electron chi connectivity index (χ4n) is 2.42. The molecule has 2 aromatic heterocycles. The molecule has 27 heavy (non-hydrogen) atoms. The van der Waals surface area contributed by atoms with Crippen LogP contribution in [0.3, 0.4) is 0 Å². The van der Waals surface area contributed by atoms with Gasteiger partial charge in [0.1, 0.15) is 5.75 Å². The van der Waals surface area contributed by atoms with Gasteiger partial charge >= 0.3 is 0 Å². The van der Waals surface area contributed by atoms with E-state index in [0.717, 1.165) is 22.6 Å². The summed E-state index contributed by atoms with van der Waals surface area (Å²) in [7, 11) is 1.61. The number of benzene rings is 1. The molecule has 1 amide bonds. The van der Waals surface area contributed by atoms with Crippen molar-refractivity contribution in [2.75, 3.05) is 24.0 Å². The topological polar surface area (TPSA) is 108 Å². The van der Waals surface area contributed by atoms with Crippen molar-refractivity contribution in [1.29, 1.82) is 0 Å². The molecule has 0 bridgehead atoms. The van der Waals surface area contributed by atoms with Crippen molar-refractivity contribution in [2.24, 2.45) is 0 Å². The number of nitrogen functional groups attached to an aromatic ring is 1. The number of hydrogen-bond donors (Lipinski definition) is 2. The molecule has 0 saturated carbocycles. The highest BCUT2D eigenvalue weighted by molar-refractivity contribution is 7.99. The molecule has 0 aliphatic heterocycles. The standard InChI is InChI=1S/C18H20N6O2S/c1-12-10-14(26-2)5-6-15(12)21-16(25)7-9-27-18-23-22-17(24(18)19)13-4-3-8-20-11-13/h3-6,8,10-11H,7,9,19H2,1-2H3,(H,21,25). The lowest BCUT2D eigenvalue weighted by molar-refractivity contribution is -0.115. The average molecular weight is 384 g/mol. The maximum Gasteiger partial charge on any atom is 0.225 e. The Hall–Kier alpha value is -3.07. The lowest BCUT2D eigenvalue weighted by atomic mass is 10.2. The quantitative estimate of drug-likeness (QED) is 0.476. The van der Waals surface area contributed by atoms with Crippen LogP contribution < -0.4 is 15.9 Å². The summed E-state index contributed by atoms with van der Waals surface area (Å²) >= 11 is 1.37. The Bertz CT molecular complexity index is 929. The van der Waals surface area contributed by atoms with Crippen molar-refractivity contribution < 1.29 is 9.53 Å². The summed E-state index contributed by atoms with van der Waals surface area (Å²) in [4.78, 5) is 16.2. The van der Waals surface area contributed by atoms with E-state index >= 15 is 0 Å². The maximum atomic E-state index is 12.2. The van der Waals surface area contributed by atoms with Gasteiger partial charge in [0.25, 0.3) is 0 Å². The summed E-state index contributed by atoms with van der Waals surface area (Å²) in [6, 6.07) is 9.19. The highest BCUT2D eigenvalue weighted by Gasteiger charge is 2.13. The SMILES string of the molecule is COc1ccc(NC(=O)CCSc2nnc(-c3cccnc3)n2N)c(C)c1. The molecule has 0 spiro atoms. The minimum Gasteiger partial charge on any atom is -0.497 e. The normalized spacial score (nSPS) is 10.6. The predicted molar refractivity (Wildman–Crippen MR) is 105 cm³/mol. The fraction of sp³-hybridized carbons (Fsp3) is 0.222. The van der Waals surface area contributed by atoms with E-state index < -0.39 is 0 Å². The largest absolute Gasteiger partial charge is 0.497 e. The molecule has 3 rings (SSSR count). The molecule has 1 aromatic carbocycles. The van der Waals surface area contributed by atoms with Gasteiger partial charge in [0.05, 0.1) is 7.11 Å². The van der Waals surface area contributed by atoms with E-state index in [9.17, 15) is 4.79 Å². The van der Waals surface area contributed by atoms with E-state index in [1.807, 2.05) is 37.3 Å². The molecule has 0 saturated heterocycles. The number of carbonyl (C=O) groups is 1. The molecular weight excluding hydrogens is 364 g/mol. The van der Waals surface area contributed by atoms with Crippen LogP contribution in [-0.4, -0.2) is 38.6 Å². The molecule has 3 aromatic rings. The summed E-state index contributed by atoms with van der Waals surface area (Å²) in [5.41, 5.74) is 2.50. The van der Waals surface area contributed by atoms with Gasteiger partial charge in [-0.1, -0.05) is 11.8 Å². The number of methoxy groups -OCH3 is 1. The van der Waals surface area contributed by atoms with Crippen LogP contribution in [0.4, 0.5) is 5.69 Å². The van der Waals surface area contributed by atoms with Crippen molar-refractivity contribution in [3.05, 3.63) is 48.3 Å². The summed E-state index contributed by atoms with van der Waals surface area (Å²) in [5, 5.41) is 11.6. The molecule has 2 heterocycles. The van der Waals surface area contributed by atoms with Gasteiger partial charge in [-0.05, 0) is 42.8 Å². The average Bonchev–Trinajstić information content (AvgIpc) is 3.04. The third kappa shape index (κ3) is 4.56. The van der Waals surface area contributed by atoms with Gasteiger partial charge in [-0.3, -0.25) is 9.78 Å². The highest BCUT2D eigenvalue weighted by atomic mass is 32.2. The number of anilines is 1. The number of aromatic nitrogens is 4. The van der Waals surface area contributed by atoms with E-state index in [4.69, 9.17) is 10.6 Å². The molecule has 9 heteroatoms. The number of nitrogens with one attached hydrogen (secondary N) is 1. The van der Waals surface area contributed by atoms with Gasteiger partial charge < -0.3 is 15.9 Å². The highest BCUT2D eigenvalue weighted by Crippen LogP contribution is 2.23. The second-order valence-electron chi connectivity index (χ2n) is 5.75. The number of aryl methyl sites for hydroxylation is 1. The third-order valence-electron chi connectivity index (χ3n) is 3.85. The summed E-state index contributed by atoms with van der Waals surface area (Å²) in [6.07, 6.45) is 3.68. The van der Waals surface area contributed by atoms with Gasteiger partial charge in [-0.2, -0.15) is 0 Å². The van der Waals surface area contributed by atoms with Crippen LogP contribution in [0.2, 0.25) is 0 Å². The molecule has 0 unspecified atom stereocenters. The number of pyridine rings is 1. The number of hydrogen-bond acceptors (Lipinski definition) is 7. The van der Waals surface area contributed by atoms with E-state index in [0.29, 0.717) is 23.2 Å². The molecule has 0 aliphatic rings. The van der Waals surface area contributed by atoms with Crippen LogP contribution in [0.15, 0.2) is 47.9 Å². The monoisotopic (exact) mass is 384 g/mol. The van der Waals surface area contributed by atoms with Crippen molar-refractivity contribution in [3.63, 3.8) is 0 Å². The molecule has 3 N–H and O–H groups in total. The Balaban J connectivity index is 1.54. The predicted octanol–water partition coefficient (Wildman–Crippen LogP) is 2.49. The maximum absolute atomic E-state index is 12.2. The van der Waals surface area contributed by atoms with E-state index in [1.54, 1.807) is 19.5 Å². The van der Waals surface area contributed by atoms with Crippen molar-refractivity contribution >= 4 is 23.4 Å².